The van der Waals surface area contributed by atoms with Crippen LogP contribution in [0.25, 0.3) is 0 Å². The van der Waals surface area contributed by atoms with Crippen LogP contribution in [0.4, 0.5) is 17.1 Å². The lowest BCUT2D eigenvalue weighted by atomic mass is 9.74. The Morgan fingerprint density at radius 1 is 1.09 bits per heavy atom. The van der Waals surface area contributed by atoms with Crippen molar-refractivity contribution in [1.82, 2.24) is 0 Å². The number of hydrogen-bond donors (Lipinski definition) is 2. The highest BCUT2D eigenvalue weighted by atomic mass is 16.3. The van der Waals surface area contributed by atoms with E-state index in [4.69, 9.17) is 4.42 Å². The Balaban J connectivity index is 1.58. The molecule has 1 atom stereocenters. The number of carbonyl (C=O) groups excluding carboxylic acids is 2. The van der Waals surface area contributed by atoms with Gasteiger partial charge in [0.05, 0.1) is 24.2 Å². The Morgan fingerprint density at radius 2 is 1.89 bits per heavy atom. The summed E-state index contributed by atoms with van der Waals surface area (Å²) in [6.45, 7) is 8.36. The summed E-state index contributed by atoms with van der Waals surface area (Å²) in [5.74, 6) is 0.563. The number of rotatable bonds is 4. The maximum absolute atomic E-state index is 13.6. The maximum atomic E-state index is 13.6. The first-order chi connectivity index (χ1) is 16.7. The molecule has 0 saturated carbocycles. The summed E-state index contributed by atoms with van der Waals surface area (Å²) >= 11 is 0. The number of amides is 1. The monoisotopic (exact) mass is 469 g/mol. The molecule has 1 aliphatic heterocycles. The fourth-order valence-electron chi connectivity index (χ4n) is 5.14. The summed E-state index contributed by atoms with van der Waals surface area (Å²) in [6, 6.07) is 17.0. The van der Waals surface area contributed by atoms with Crippen molar-refractivity contribution in [2.24, 2.45) is 5.41 Å². The van der Waals surface area contributed by atoms with Crippen molar-refractivity contribution in [1.29, 1.82) is 0 Å². The zero-order chi connectivity index (χ0) is 24.7. The first kappa shape index (κ1) is 23.0. The van der Waals surface area contributed by atoms with Crippen molar-refractivity contribution < 1.29 is 14.0 Å². The van der Waals surface area contributed by atoms with E-state index in [9.17, 15) is 9.59 Å². The first-order valence-electron chi connectivity index (χ1n) is 12.0. The van der Waals surface area contributed by atoms with E-state index < -0.39 is 6.04 Å². The lowest BCUT2D eigenvalue weighted by molar-refractivity contribution is -0.119. The number of benzene rings is 2. The van der Waals surface area contributed by atoms with Crippen LogP contribution in [-0.4, -0.2) is 18.2 Å². The summed E-state index contributed by atoms with van der Waals surface area (Å²) in [5.41, 5.74) is 6.19. The molecule has 180 valence electrons. The molecule has 2 heterocycles. The van der Waals surface area contributed by atoms with Gasteiger partial charge in [-0.2, -0.15) is 0 Å². The fraction of sp³-hybridized carbons (Fsp3) is 0.310. The second kappa shape index (κ2) is 8.77. The number of furan rings is 1. The number of para-hydroxylation sites is 2. The lowest BCUT2D eigenvalue weighted by Crippen LogP contribution is -2.40. The predicted molar refractivity (Wildman–Crippen MR) is 138 cm³/mol. The van der Waals surface area contributed by atoms with E-state index in [0.717, 1.165) is 34.7 Å². The first-order valence-corrected chi connectivity index (χ1v) is 12.0. The molecule has 1 amide bonds. The van der Waals surface area contributed by atoms with Gasteiger partial charge in [-0.05, 0) is 73.2 Å². The minimum absolute atomic E-state index is 0.0600. The Morgan fingerprint density at radius 3 is 2.63 bits per heavy atom. The van der Waals surface area contributed by atoms with Crippen molar-refractivity contribution in [2.45, 2.75) is 46.6 Å². The number of carbonyl (C=O) groups is 2. The van der Waals surface area contributed by atoms with Gasteiger partial charge < -0.3 is 20.0 Å². The van der Waals surface area contributed by atoms with Gasteiger partial charge in [0.15, 0.2) is 5.78 Å². The molecule has 3 aromatic rings. The molecule has 0 bridgehead atoms. The molecule has 0 radical (unpaired) electrons. The van der Waals surface area contributed by atoms with Gasteiger partial charge in [-0.1, -0.05) is 32.0 Å². The van der Waals surface area contributed by atoms with E-state index in [2.05, 4.69) is 24.5 Å². The van der Waals surface area contributed by atoms with Gasteiger partial charge in [-0.25, -0.2) is 0 Å². The van der Waals surface area contributed by atoms with Crippen LogP contribution in [0.15, 0.2) is 76.5 Å². The second-order valence-corrected chi connectivity index (χ2v) is 10.4. The zero-order valence-corrected chi connectivity index (χ0v) is 20.6. The standard InChI is InChI=1S/C29H31N3O3/c1-18-11-12-20(14-19(18)2)30-26(34)17-32-23-9-6-5-8-21(23)31-22-15-29(3,4)16-24(33)27(22)28(32)25-10-7-13-35-25/h5-14,28,31H,15-17H2,1-4H3,(H,30,34)/t28-/m0/s1. The van der Waals surface area contributed by atoms with Gasteiger partial charge in [0.25, 0.3) is 0 Å². The van der Waals surface area contributed by atoms with Crippen molar-refractivity contribution in [3.05, 3.63) is 89.0 Å². The largest absolute Gasteiger partial charge is 0.467 e. The summed E-state index contributed by atoms with van der Waals surface area (Å²) < 4.78 is 5.86. The summed E-state index contributed by atoms with van der Waals surface area (Å²) in [6.07, 6.45) is 2.80. The summed E-state index contributed by atoms with van der Waals surface area (Å²) in [5, 5.41) is 6.59. The highest BCUT2D eigenvalue weighted by Crippen LogP contribution is 2.48. The SMILES string of the molecule is Cc1ccc(NC(=O)CN2c3ccccc3NC3=C(C(=O)CC(C)(C)C3)[C@@H]2c2ccco2)cc1C. The lowest BCUT2D eigenvalue weighted by Gasteiger charge is -2.36. The molecule has 0 saturated heterocycles. The molecule has 0 unspecified atom stereocenters. The molecule has 0 spiro atoms. The molecule has 2 N–H and O–H groups in total. The third-order valence-corrected chi connectivity index (χ3v) is 6.92. The summed E-state index contributed by atoms with van der Waals surface area (Å²) in [4.78, 5) is 28.9. The number of hydrogen-bond acceptors (Lipinski definition) is 5. The van der Waals surface area contributed by atoms with Gasteiger partial charge in [-0.15, -0.1) is 0 Å². The number of Topliss-reactive ketones (excluding diaryl/α,β-unsaturated/α-hetero) is 1. The Bertz CT molecular complexity index is 1320. The molecule has 6 nitrogen and oxygen atoms in total. The molecule has 5 rings (SSSR count). The Labute approximate surface area is 206 Å². The third kappa shape index (κ3) is 4.48. The minimum atomic E-state index is -0.509. The fourth-order valence-corrected chi connectivity index (χ4v) is 5.14. The maximum Gasteiger partial charge on any atom is 0.243 e. The third-order valence-electron chi connectivity index (χ3n) is 6.92. The van der Waals surface area contributed by atoms with E-state index in [1.165, 1.54) is 5.56 Å². The number of fused-ring (bicyclic) bond motifs is 1. The van der Waals surface area contributed by atoms with Gasteiger partial charge in [0.1, 0.15) is 11.8 Å². The van der Waals surface area contributed by atoms with Crippen LogP contribution >= 0.6 is 0 Å². The van der Waals surface area contributed by atoms with Crippen LogP contribution in [0.1, 0.15) is 49.6 Å². The highest BCUT2D eigenvalue weighted by Gasteiger charge is 2.42. The van der Waals surface area contributed by atoms with Gasteiger partial charge >= 0.3 is 0 Å². The molecule has 6 heteroatoms. The molecule has 1 aromatic heterocycles. The van der Waals surface area contributed by atoms with Crippen molar-refractivity contribution in [3.8, 4) is 0 Å². The van der Waals surface area contributed by atoms with E-state index in [1.54, 1.807) is 6.26 Å². The van der Waals surface area contributed by atoms with Crippen LogP contribution in [-0.2, 0) is 9.59 Å². The number of nitrogens with one attached hydrogen (secondary N) is 2. The molecule has 35 heavy (non-hydrogen) atoms. The van der Waals surface area contributed by atoms with Gasteiger partial charge in [0, 0.05) is 23.4 Å². The van der Waals surface area contributed by atoms with E-state index in [-0.39, 0.29) is 23.7 Å². The normalized spacial score (nSPS) is 18.9. The second-order valence-electron chi connectivity index (χ2n) is 10.4. The Kier molecular flexibility index (Phi) is 5.75. The molecular formula is C29H31N3O3. The van der Waals surface area contributed by atoms with E-state index >= 15 is 0 Å². The number of nitrogens with zero attached hydrogens (tertiary/aromatic N) is 1. The predicted octanol–water partition coefficient (Wildman–Crippen LogP) is 6.15. The number of ketones is 1. The molecule has 0 fully saturated rings. The van der Waals surface area contributed by atoms with Crippen LogP contribution in [0, 0.1) is 19.3 Å². The average molecular weight is 470 g/mol. The average Bonchev–Trinajstić information content (AvgIpc) is 3.28. The smallest absolute Gasteiger partial charge is 0.243 e. The van der Waals surface area contributed by atoms with Crippen molar-refractivity contribution >= 4 is 28.8 Å². The number of anilines is 3. The topological polar surface area (TPSA) is 74.6 Å². The van der Waals surface area contributed by atoms with Gasteiger partial charge in [0.2, 0.25) is 5.91 Å². The zero-order valence-electron chi connectivity index (χ0n) is 20.6. The van der Waals surface area contributed by atoms with Crippen LogP contribution < -0.4 is 15.5 Å². The molecular weight excluding hydrogens is 438 g/mol. The van der Waals surface area contributed by atoms with Crippen LogP contribution in [0.5, 0.6) is 0 Å². The van der Waals surface area contributed by atoms with E-state index in [0.29, 0.717) is 17.8 Å². The van der Waals surface area contributed by atoms with Crippen molar-refractivity contribution in [3.63, 3.8) is 0 Å². The van der Waals surface area contributed by atoms with Crippen LogP contribution in [0.3, 0.4) is 0 Å². The minimum Gasteiger partial charge on any atom is -0.467 e. The quantitative estimate of drug-likeness (QED) is 0.479. The summed E-state index contributed by atoms with van der Waals surface area (Å²) in [7, 11) is 0. The number of aryl methyl sites for hydroxylation is 2. The van der Waals surface area contributed by atoms with Gasteiger partial charge in [-0.3, -0.25) is 9.59 Å². The number of allylic oxidation sites excluding steroid dienone is 1. The van der Waals surface area contributed by atoms with Crippen LogP contribution in [0.2, 0.25) is 0 Å². The van der Waals surface area contributed by atoms with E-state index in [1.807, 2.05) is 73.3 Å². The highest BCUT2D eigenvalue weighted by molar-refractivity contribution is 6.02. The molecule has 1 aliphatic carbocycles. The molecule has 2 aromatic carbocycles. The van der Waals surface area contributed by atoms with Crippen molar-refractivity contribution in [2.75, 3.05) is 22.1 Å². The Hall–Kier alpha value is -3.80. The molecule has 2 aliphatic rings.